The van der Waals surface area contributed by atoms with Gasteiger partial charge in [0.2, 0.25) is 0 Å². The number of hydrogen-bond donors (Lipinski definition) is 1. The van der Waals surface area contributed by atoms with Crippen molar-refractivity contribution in [1.29, 1.82) is 0 Å². The first kappa shape index (κ1) is 11.6. The highest BCUT2D eigenvalue weighted by Gasteiger charge is 2.15. The maximum Gasteiger partial charge on any atom is 0.0933 e. The maximum atomic E-state index is 5.56. The molecule has 1 aromatic heterocycles. The largest absolute Gasteiger partial charge is 0.376 e. The van der Waals surface area contributed by atoms with E-state index in [1.165, 1.54) is 5.56 Å². The van der Waals surface area contributed by atoms with Gasteiger partial charge in [-0.25, -0.2) is 0 Å². The molecule has 1 fully saturated rings. The standard InChI is InChI=1S/C11H19N3O2/c1-9(10-5-13-14(2)7-10)12-6-11-8-15-3-4-16-11/h5,7,9,11-12H,3-4,6,8H2,1-2H3. The fourth-order valence-corrected chi connectivity index (χ4v) is 1.74. The van der Waals surface area contributed by atoms with E-state index in [0.29, 0.717) is 25.9 Å². The third-order valence-corrected chi connectivity index (χ3v) is 2.76. The highest BCUT2D eigenvalue weighted by atomic mass is 16.6. The number of aromatic nitrogens is 2. The van der Waals surface area contributed by atoms with Gasteiger partial charge in [-0.2, -0.15) is 5.10 Å². The van der Waals surface area contributed by atoms with Crippen LogP contribution in [0.15, 0.2) is 12.4 Å². The van der Waals surface area contributed by atoms with Gasteiger partial charge in [0.1, 0.15) is 0 Å². The smallest absolute Gasteiger partial charge is 0.0933 e. The van der Waals surface area contributed by atoms with Crippen LogP contribution in [-0.2, 0) is 16.5 Å². The lowest BCUT2D eigenvalue weighted by Crippen LogP contribution is -2.38. The second-order valence-corrected chi connectivity index (χ2v) is 4.14. The Hall–Kier alpha value is -0.910. The number of nitrogens with one attached hydrogen (secondary N) is 1. The van der Waals surface area contributed by atoms with Crippen LogP contribution in [0.1, 0.15) is 18.5 Å². The van der Waals surface area contributed by atoms with Crippen LogP contribution in [0.2, 0.25) is 0 Å². The van der Waals surface area contributed by atoms with Crippen molar-refractivity contribution in [2.45, 2.75) is 19.1 Å². The van der Waals surface area contributed by atoms with Crippen LogP contribution in [0, 0.1) is 0 Å². The van der Waals surface area contributed by atoms with Gasteiger partial charge in [0.25, 0.3) is 0 Å². The predicted molar refractivity (Wildman–Crippen MR) is 60.2 cm³/mol. The van der Waals surface area contributed by atoms with E-state index in [9.17, 15) is 0 Å². The molecular weight excluding hydrogens is 206 g/mol. The molecule has 0 spiro atoms. The van der Waals surface area contributed by atoms with Crippen LogP contribution >= 0.6 is 0 Å². The van der Waals surface area contributed by atoms with Crippen molar-refractivity contribution in [3.05, 3.63) is 18.0 Å². The molecule has 2 unspecified atom stereocenters. The van der Waals surface area contributed by atoms with E-state index < -0.39 is 0 Å². The Morgan fingerprint density at radius 3 is 3.12 bits per heavy atom. The van der Waals surface area contributed by atoms with E-state index in [1.807, 2.05) is 24.1 Å². The minimum absolute atomic E-state index is 0.174. The summed E-state index contributed by atoms with van der Waals surface area (Å²) in [5, 5.41) is 7.58. The molecule has 0 saturated carbocycles. The molecule has 1 N–H and O–H groups in total. The number of hydrogen-bond acceptors (Lipinski definition) is 4. The third kappa shape index (κ3) is 3.04. The first-order valence-electron chi connectivity index (χ1n) is 5.67. The average molecular weight is 225 g/mol. The summed E-state index contributed by atoms with van der Waals surface area (Å²) in [4.78, 5) is 0. The Morgan fingerprint density at radius 2 is 2.50 bits per heavy atom. The van der Waals surface area contributed by atoms with Crippen molar-refractivity contribution >= 4 is 0 Å². The first-order valence-corrected chi connectivity index (χ1v) is 5.67. The summed E-state index contributed by atoms with van der Waals surface area (Å²) < 4.78 is 12.7. The Morgan fingerprint density at radius 1 is 1.62 bits per heavy atom. The highest BCUT2D eigenvalue weighted by molar-refractivity contribution is 5.08. The molecule has 0 radical (unpaired) electrons. The summed E-state index contributed by atoms with van der Waals surface area (Å²) in [5.41, 5.74) is 1.19. The summed E-state index contributed by atoms with van der Waals surface area (Å²) in [6, 6.07) is 0.291. The quantitative estimate of drug-likeness (QED) is 0.810. The van der Waals surface area contributed by atoms with Gasteiger partial charge >= 0.3 is 0 Å². The summed E-state index contributed by atoms with van der Waals surface area (Å²) in [6.07, 6.45) is 4.08. The molecule has 0 aromatic carbocycles. The maximum absolute atomic E-state index is 5.56. The highest BCUT2D eigenvalue weighted by Crippen LogP contribution is 2.10. The van der Waals surface area contributed by atoms with Crippen LogP contribution in [-0.4, -0.2) is 42.2 Å². The first-order chi connectivity index (χ1) is 7.75. The monoisotopic (exact) mass is 225 g/mol. The van der Waals surface area contributed by atoms with Gasteiger partial charge in [-0.1, -0.05) is 0 Å². The Labute approximate surface area is 95.7 Å². The van der Waals surface area contributed by atoms with Gasteiger partial charge in [0, 0.05) is 31.4 Å². The van der Waals surface area contributed by atoms with Crippen molar-refractivity contribution in [2.24, 2.45) is 7.05 Å². The lowest BCUT2D eigenvalue weighted by atomic mass is 10.2. The molecule has 5 heteroatoms. The topological polar surface area (TPSA) is 48.3 Å². The van der Waals surface area contributed by atoms with Gasteiger partial charge in [0.15, 0.2) is 0 Å². The van der Waals surface area contributed by atoms with Crippen LogP contribution in [0.3, 0.4) is 0 Å². The van der Waals surface area contributed by atoms with E-state index >= 15 is 0 Å². The van der Waals surface area contributed by atoms with Crippen molar-refractivity contribution in [2.75, 3.05) is 26.4 Å². The molecule has 0 aliphatic carbocycles. The van der Waals surface area contributed by atoms with Crippen LogP contribution in [0.5, 0.6) is 0 Å². The lowest BCUT2D eigenvalue weighted by Gasteiger charge is -2.24. The molecule has 0 amide bonds. The van der Waals surface area contributed by atoms with Crippen molar-refractivity contribution in [3.63, 3.8) is 0 Å². The summed E-state index contributed by atoms with van der Waals surface area (Å²) in [7, 11) is 1.92. The summed E-state index contributed by atoms with van der Waals surface area (Å²) >= 11 is 0. The minimum Gasteiger partial charge on any atom is -0.376 e. The molecule has 5 nitrogen and oxygen atoms in total. The molecule has 1 aromatic rings. The molecule has 2 heterocycles. The van der Waals surface area contributed by atoms with Crippen molar-refractivity contribution < 1.29 is 9.47 Å². The molecule has 1 saturated heterocycles. The Kier molecular flexibility index (Phi) is 3.93. The summed E-state index contributed by atoms with van der Waals surface area (Å²) in [6.45, 7) is 5.05. The van der Waals surface area contributed by atoms with Crippen LogP contribution in [0.4, 0.5) is 0 Å². The van der Waals surface area contributed by atoms with E-state index in [2.05, 4.69) is 17.3 Å². The van der Waals surface area contributed by atoms with E-state index in [4.69, 9.17) is 9.47 Å². The average Bonchev–Trinajstić information content (AvgIpc) is 2.74. The van der Waals surface area contributed by atoms with Gasteiger partial charge in [0.05, 0.1) is 32.1 Å². The third-order valence-electron chi connectivity index (χ3n) is 2.76. The minimum atomic E-state index is 0.174. The zero-order chi connectivity index (χ0) is 11.4. The van der Waals surface area contributed by atoms with E-state index in [-0.39, 0.29) is 6.10 Å². The van der Waals surface area contributed by atoms with E-state index in [1.54, 1.807) is 0 Å². The normalized spacial score (nSPS) is 23.2. The van der Waals surface area contributed by atoms with Crippen LogP contribution < -0.4 is 5.32 Å². The molecule has 16 heavy (non-hydrogen) atoms. The molecule has 1 aliphatic heterocycles. The Balaban J connectivity index is 1.76. The zero-order valence-corrected chi connectivity index (χ0v) is 9.85. The Bertz CT molecular complexity index is 321. The summed E-state index contributed by atoms with van der Waals surface area (Å²) in [5.74, 6) is 0. The molecule has 1 aliphatic rings. The number of aryl methyl sites for hydroxylation is 1. The van der Waals surface area contributed by atoms with Gasteiger partial charge in [-0.3, -0.25) is 4.68 Å². The SMILES string of the molecule is CC(NCC1COCCO1)c1cnn(C)c1. The number of ether oxygens (including phenoxy) is 2. The second-order valence-electron chi connectivity index (χ2n) is 4.14. The van der Waals surface area contributed by atoms with Gasteiger partial charge in [-0.05, 0) is 6.92 Å². The molecule has 2 rings (SSSR count). The lowest BCUT2D eigenvalue weighted by molar-refractivity contribution is -0.0869. The van der Waals surface area contributed by atoms with Crippen molar-refractivity contribution in [1.82, 2.24) is 15.1 Å². The van der Waals surface area contributed by atoms with Gasteiger partial charge in [-0.15, -0.1) is 0 Å². The number of rotatable bonds is 4. The fourth-order valence-electron chi connectivity index (χ4n) is 1.74. The fraction of sp³-hybridized carbons (Fsp3) is 0.727. The van der Waals surface area contributed by atoms with Gasteiger partial charge < -0.3 is 14.8 Å². The molecular formula is C11H19N3O2. The predicted octanol–water partition coefficient (Wildman–Crippen LogP) is 0.486. The van der Waals surface area contributed by atoms with Crippen molar-refractivity contribution in [3.8, 4) is 0 Å². The zero-order valence-electron chi connectivity index (χ0n) is 9.85. The van der Waals surface area contributed by atoms with E-state index in [0.717, 1.165) is 6.54 Å². The van der Waals surface area contributed by atoms with Crippen LogP contribution in [0.25, 0.3) is 0 Å². The second kappa shape index (κ2) is 5.43. The molecule has 90 valence electrons. The number of nitrogens with zero attached hydrogens (tertiary/aromatic N) is 2. The molecule has 0 bridgehead atoms. The molecule has 2 atom stereocenters.